The number of halogens is 1. The fourth-order valence-corrected chi connectivity index (χ4v) is 5.38. The van der Waals surface area contributed by atoms with Crippen LogP contribution in [-0.2, 0) is 19.1 Å². The summed E-state index contributed by atoms with van der Waals surface area (Å²) in [4.78, 5) is 39.4. The Hall–Kier alpha value is -1.44. The number of allylic oxidation sites excluding steroid dienone is 1. The molecule has 2 bridgehead atoms. The number of fused-ring (bicyclic) bond motifs is 1. The van der Waals surface area contributed by atoms with Crippen molar-refractivity contribution >= 4 is 30.2 Å². The minimum absolute atomic E-state index is 0. The lowest BCUT2D eigenvalue weighted by Gasteiger charge is -2.52. The molecule has 1 heterocycles. The number of hydrogen-bond donors (Lipinski definition) is 2. The van der Waals surface area contributed by atoms with Gasteiger partial charge in [-0.3, -0.25) is 19.3 Å². The molecule has 3 aliphatic carbocycles. The zero-order chi connectivity index (χ0) is 21.0. The topological polar surface area (TPSA) is 95.9 Å². The van der Waals surface area contributed by atoms with E-state index in [9.17, 15) is 19.5 Å². The summed E-state index contributed by atoms with van der Waals surface area (Å²) in [5.41, 5.74) is -0.243. The van der Waals surface area contributed by atoms with E-state index in [0.29, 0.717) is 6.42 Å². The number of amides is 2. The van der Waals surface area contributed by atoms with Crippen LogP contribution in [0.1, 0.15) is 48.0 Å². The smallest absolute Gasteiger partial charge is 0.303 e. The molecular weight excluding hydrogens is 396 g/mol. The Morgan fingerprint density at radius 1 is 1.34 bits per heavy atom. The first-order chi connectivity index (χ1) is 12.9. The van der Waals surface area contributed by atoms with Gasteiger partial charge in [-0.1, -0.05) is 12.5 Å². The van der Waals surface area contributed by atoms with Crippen molar-refractivity contribution in [2.45, 2.75) is 65.2 Å². The quantitative estimate of drug-likeness (QED) is 0.393. The number of aliphatic hydroxyl groups excluding tert-OH is 1. The number of ether oxygens (including phenoxy) is 1. The van der Waals surface area contributed by atoms with E-state index in [4.69, 9.17) is 4.74 Å². The molecule has 7 nitrogen and oxygen atoms in total. The lowest BCUT2D eigenvalue weighted by molar-refractivity contribution is -0.173. The molecule has 0 aromatic rings. The largest absolute Gasteiger partial charge is 0.454 e. The van der Waals surface area contributed by atoms with Crippen LogP contribution in [0.15, 0.2) is 11.6 Å². The van der Waals surface area contributed by atoms with Crippen LogP contribution in [0.2, 0.25) is 0 Å². The molecule has 6 unspecified atom stereocenters. The maximum Gasteiger partial charge on any atom is 0.303 e. The van der Waals surface area contributed by atoms with Gasteiger partial charge in [0.2, 0.25) is 11.8 Å². The summed E-state index contributed by atoms with van der Waals surface area (Å²) in [6, 6.07) is 0. The van der Waals surface area contributed by atoms with Gasteiger partial charge in [-0.2, -0.15) is 0 Å². The Kier molecular flexibility index (Phi) is 6.58. The van der Waals surface area contributed by atoms with Gasteiger partial charge in [-0.05, 0) is 52.0 Å². The normalized spacial score (nSPS) is 34.4. The van der Waals surface area contributed by atoms with Gasteiger partial charge >= 0.3 is 5.97 Å². The molecule has 29 heavy (non-hydrogen) atoms. The summed E-state index contributed by atoms with van der Waals surface area (Å²) in [6.07, 6.45) is 1.56. The molecule has 4 rings (SSSR count). The van der Waals surface area contributed by atoms with E-state index < -0.39 is 29.5 Å². The number of rotatable bonds is 5. The second-order valence-electron chi connectivity index (χ2n) is 9.72. The standard InChI is InChI=1S/C21H32N2O5.ClH/c1-11-7-21(28-13(3)24)8-12(2)15(11)16-17(21)19(27)23(18(16)26)10-14(25)9-22-20(4,5)6;/h7,12,14-17,22,25H,8-10H2,1-6H3;1H. The number of likely N-dealkylation sites (tertiary alicyclic amines) is 1. The van der Waals surface area contributed by atoms with Crippen LogP contribution in [0.4, 0.5) is 0 Å². The Labute approximate surface area is 178 Å². The second-order valence-corrected chi connectivity index (χ2v) is 9.72. The Bertz CT molecular complexity index is 731. The van der Waals surface area contributed by atoms with E-state index in [0.717, 1.165) is 5.57 Å². The highest BCUT2D eigenvalue weighted by Gasteiger charge is 2.67. The number of β-amino-alcohol motifs (C(OH)–C–C–N with tert-alkyl or cyclic N) is 1. The average Bonchev–Trinajstić information content (AvgIpc) is 2.77. The highest BCUT2D eigenvalue weighted by molar-refractivity contribution is 6.07. The first-order valence-electron chi connectivity index (χ1n) is 10.0. The van der Waals surface area contributed by atoms with Gasteiger partial charge < -0.3 is 15.2 Å². The first kappa shape index (κ1) is 23.8. The number of imide groups is 1. The summed E-state index contributed by atoms with van der Waals surface area (Å²) in [7, 11) is 0. The Morgan fingerprint density at radius 2 is 1.97 bits per heavy atom. The molecule has 0 spiro atoms. The van der Waals surface area contributed by atoms with E-state index >= 15 is 0 Å². The van der Waals surface area contributed by atoms with Crippen LogP contribution in [0.25, 0.3) is 0 Å². The third-order valence-corrected chi connectivity index (χ3v) is 6.20. The SMILES string of the molecule is CC(=O)OC12C=C(C)C(C(C)C1)C1C(=O)N(CC(O)CNC(C)(C)C)C(=O)C12.Cl. The number of aliphatic hydroxyl groups is 1. The number of carbonyl (C=O) groups is 3. The maximum absolute atomic E-state index is 13.2. The molecule has 8 heteroatoms. The van der Waals surface area contributed by atoms with Gasteiger partial charge in [0.25, 0.3) is 0 Å². The van der Waals surface area contributed by atoms with Crippen LogP contribution in [0, 0.1) is 23.7 Å². The molecule has 0 aromatic carbocycles. The summed E-state index contributed by atoms with van der Waals surface area (Å²) in [5.74, 6) is -2.18. The maximum atomic E-state index is 13.2. The summed E-state index contributed by atoms with van der Waals surface area (Å²) in [6.45, 7) is 11.5. The van der Waals surface area contributed by atoms with Gasteiger partial charge in [-0.25, -0.2) is 0 Å². The number of nitrogens with zero attached hydrogens (tertiary/aromatic N) is 1. The van der Waals surface area contributed by atoms with E-state index in [-0.39, 0.29) is 54.7 Å². The molecule has 2 N–H and O–H groups in total. The lowest BCUT2D eigenvalue weighted by Crippen LogP contribution is -2.57. The summed E-state index contributed by atoms with van der Waals surface area (Å²) < 4.78 is 5.70. The van der Waals surface area contributed by atoms with Crippen molar-refractivity contribution in [3.63, 3.8) is 0 Å². The predicted octanol–water partition coefficient (Wildman–Crippen LogP) is 1.68. The average molecular weight is 429 g/mol. The second kappa shape index (κ2) is 8.00. The van der Waals surface area contributed by atoms with Crippen LogP contribution in [0.5, 0.6) is 0 Å². The van der Waals surface area contributed by atoms with E-state index in [1.807, 2.05) is 40.7 Å². The highest BCUT2D eigenvalue weighted by atomic mass is 35.5. The van der Waals surface area contributed by atoms with Crippen LogP contribution < -0.4 is 5.32 Å². The molecular formula is C21H33ClN2O5. The number of nitrogens with one attached hydrogen (secondary N) is 1. The monoisotopic (exact) mass is 428 g/mol. The molecule has 1 aliphatic heterocycles. The molecule has 6 atom stereocenters. The first-order valence-corrected chi connectivity index (χ1v) is 10.0. The molecule has 4 aliphatic rings. The summed E-state index contributed by atoms with van der Waals surface area (Å²) >= 11 is 0. The third-order valence-electron chi connectivity index (χ3n) is 6.20. The highest BCUT2D eigenvalue weighted by Crippen LogP contribution is 2.58. The van der Waals surface area contributed by atoms with Gasteiger partial charge in [0.05, 0.1) is 24.5 Å². The fourth-order valence-electron chi connectivity index (χ4n) is 5.38. The minimum Gasteiger partial charge on any atom is -0.454 e. The number of carbonyl (C=O) groups excluding carboxylic acids is 3. The van der Waals surface area contributed by atoms with Gasteiger partial charge in [0.1, 0.15) is 5.60 Å². The van der Waals surface area contributed by atoms with Crippen molar-refractivity contribution in [2.75, 3.05) is 13.1 Å². The molecule has 1 saturated carbocycles. The van der Waals surface area contributed by atoms with Crippen molar-refractivity contribution in [1.82, 2.24) is 10.2 Å². The van der Waals surface area contributed by atoms with Crippen molar-refractivity contribution in [3.8, 4) is 0 Å². The number of esters is 1. The fraction of sp³-hybridized carbons (Fsp3) is 0.762. The molecule has 1 saturated heterocycles. The van der Waals surface area contributed by atoms with E-state index in [2.05, 4.69) is 5.32 Å². The van der Waals surface area contributed by atoms with Crippen LogP contribution in [0.3, 0.4) is 0 Å². The zero-order valence-electron chi connectivity index (χ0n) is 18.0. The third kappa shape index (κ3) is 4.23. The molecule has 2 fully saturated rings. The van der Waals surface area contributed by atoms with E-state index in [1.165, 1.54) is 11.8 Å². The lowest BCUT2D eigenvalue weighted by atomic mass is 9.54. The molecule has 0 aromatic heterocycles. The zero-order valence-corrected chi connectivity index (χ0v) is 18.8. The molecule has 2 amide bonds. The van der Waals surface area contributed by atoms with Crippen molar-refractivity contribution in [2.24, 2.45) is 23.7 Å². The molecule has 164 valence electrons. The predicted molar refractivity (Wildman–Crippen MR) is 110 cm³/mol. The van der Waals surface area contributed by atoms with Gasteiger partial charge in [0, 0.05) is 19.0 Å². The van der Waals surface area contributed by atoms with Crippen molar-refractivity contribution < 1.29 is 24.2 Å². The minimum atomic E-state index is -1.06. The van der Waals surface area contributed by atoms with Crippen molar-refractivity contribution in [1.29, 1.82) is 0 Å². The van der Waals surface area contributed by atoms with Gasteiger partial charge in [-0.15, -0.1) is 12.4 Å². The van der Waals surface area contributed by atoms with E-state index in [1.54, 1.807) is 0 Å². The Morgan fingerprint density at radius 3 is 2.48 bits per heavy atom. The van der Waals surface area contributed by atoms with Crippen LogP contribution >= 0.6 is 12.4 Å². The molecule has 0 radical (unpaired) electrons. The summed E-state index contributed by atoms with van der Waals surface area (Å²) in [5, 5.41) is 13.6. The Balaban J connectivity index is 0.00000300. The van der Waals surface area contributed by atoms with Crippen LogP contribution in [-0.4, -0.2) is 58.1 Å². The number of hydrogen-bond acceptors (Lipinski definition) is 6. The van der Waals surface area contributed by atoms with Gasteiger partial charge in [0.15, 0.2) is 0 Å². The van der Waals surface area contributed by atoms with Crippen molar-refractivity contribution in [3.05, 3.63) is 11.6 Å².